The molecule has 3 aromatic heterocycles. The van der Waals surface area contributed by atoms with E-state index in [-0.39, 0.29) is 5.91 Å². The van der Waals surface area contributed by atoms with Gasteiger partial charge in [-0.1, -0.05) is 30.3 Å². The van der Waals surface area contributed by atoms with Crippen molar-refractivity contribution in [2.24, 2.45) is 0 Å². The molecular weight excluding hydrogens is 388 g/mol. The van der Waals surface area contributed by atoms with Gasteiger partial charge in [-0.3, -0.25) is 9.78 Å². The Morgan fingerprint density at radius 1 is 1.00 bits per heavy atom. The fourth-order valence-corrected chi connectivity index (χ4v) is 3.52. The number of nitrogens with one attached hydrogen (secondary N) is 1. The Morgan fingerprint density at radius 3 is 2.61 bits per heavy atom. The molecule has 6 heteroatoms. The molecule has 3 heterocycles. The van der Waals surface area contributed by atoms with Crippen LogP contribution in [-0.2, 0) is 13.2 Å². The molecule has 0 aliphatic rings. The van der Waals surface area contributed by atoms with Gasteiger partial charge in [-0.2, -0.15) is 0 Å². The number of amides is 1. The second-order valence-corrected chi connectivity index (χ2v) is 7.29. The summed E-state index contributed by atoms with van der Waals surface area (Å²) < 4.78 is 7.81. The van der Waals surface area contributed by atoms with Crippen molar-refractivity contribution < 1.29 is 9.53 Å². The number of hydrogen-bond acceptors (Lipinski definition) is 4. The van der Waals surface area contributed by atoms with Gasteiger partial charge < -0.3 is 14.6 Å². The van der Waals surface area contributed by atoms with Crippen LogP contribution in [0.2, 0.25) is 0 Å². The van der Waals surface area contributed by atoms with Crippen LogP contribution in [0.15, 0.2) is 79.3 Å². The molecule has 0 spiro atoms. The summed E-state index contributed by atoms with van der Waals surface area (Å²) in [6.45, 7) is 4.76. The van der Waals surface area contributed by atoms with Crippen LogP contribution in [0.25, 0.3) is 5.69 Å². The number of nitrogens with zero attached hydrogens (tertiary/aromatic N) is 3. The first-order chi connectivity index (χ1) is 15.1. The van der Waals surface area contributed by atoms with Crippen LogP contribution >= 0.6 is 0 Å². The van der Waals surface area contributed by atoms with E-state index in [1.807, 2.05) is 79.1 Å². The van der Waals surface area contributed by atoms with Crippen molar-refractivity contribution in [3.05, 3.63) is 107 Å². The second kappa shape index (κ2) is 9.26. The largest absolute Gasteiger partial charge is 0.473 e. The van der Waals surface area contributed by atoms with Crippen LogP contribution in [0, 0.1) is 13.8 Å². The first-order valence-corrected chi connectivity index (χ1v) is 10.1. The van der Waals surface area contributed by atoms with E-state index < -0.39 is 0 Å². The quantitative estimate of drug-likeness (QED) is 0.489. The summed E-state index contributed by atoms with van der Waals surface area (Å²) in [6.07, 6.45) is 5.21. The van der Waals surface area contributed by atoms with E-state index in [1.165, 1.54) is 0 Å². The average molecular weight is 412 g/mol. The van der Waals surface area contributed by atoms with E-state index in [0.717, 1.165) is 28.2 Å². The van der Waals surface area contributed by atoms with E-state index in [0.29, 0.717) is 24.6 Å². The van der Waals surface area contributed by atoms with Gasteiger partial charge in [-0.25, -0.2) is 4.98 Å². The Kier molecular flexibility index (Phi) is 6.08. The molecule has 4 rings (SSSR count). The van der Waals surface area contributed by atoms with Crippen molar-refractivity contribution in [3.63, 3.8) is 0 Å². The average Bonchev–Trinajstić information content (AvgIpc) is 3.11. The molecule has 0 aliphatic heterocycles. The molecule has 1 aromatic carbocycles. The molecule has 0 unspecified atom stereocenters. The molecule has 1 amide bonds. The lowest BCUT2D eigenvalue weighted by atomic mass is 10.2. The zero-order valence-electron chi connectivity index (χ0n) is 17.6. The maximum absolute atomic E-state index is 12.8. The number of rotatable bonds is 7. The van der Waals surface area contributed by atoms with Gasteiger partial charge in [0.1, 0.15) is 6.61 Å². The molecule has 0 aliphatic carbocycles. The number of carbonyl (C=O) groups excluding carboxylic acids is 1. The monoisotopic (exact) mass is 412 g/mol. The predicted octanol–water partition coefficient (Wildman–Crippen LogP) is 4.39. The van der Waals surface area contributed by atoms with Crippen molar-refractivity contribution in [3.8, 4) is 11.6 Å². The second-order valence-electron chi connectivity index (χ2n) is 7.29. The predicted molar refractivity (Wildman–Crippen MR) is 119 cm³/mol. The van der Waals surface area contributed by atoms with Crippen LogP contribution < -0.4 is 10.1 Å². The van der Waals surface area contributed by atoms with E-state index in [2.05, 4.69) is 15.3 Å². The van der Waals surface area contributed by atoms with Crippen molar-refractivity contribution >= 4 is 5.91 Å². The molecule has 31 heavy (non-hydrogen) atoms. The van der Waals surface area contributed by atoms with Gasteiger partial charge in [0.15, 0.2) is 0 Å². The van der Waals surface area contributed by atoms with Crippen molar-refractivity contribution in [2.75, 3.05) is 0 Å². The van der Waals surface area contributed by atoms with E-state index in [1.54, 1.807) is 18.6 Å². The van der Waals surface area contributed by atoms with Crippen LogP contribution in [0.3, 0.4) is 0 Å². The Bertz CT molecular complexity index is 1170. The van der Waals surface area contributed by atoms with E-state index in [9.17, 15) is 4.79 Å². The fraction of sp³-hybridized carbons (Fsp3) is 0.160. The first-order valence-electron chi connectivity index (χ1n) is 10.1. The molecule has 0 bridgehead atoms. The highest BCUT2D eigenvalue weighted by Gasteiger charge is 2.16. The third-order valence-corrected chi connectivity index (χ3v) is 5.06. The highest BCUT2D eigenvalue weighted by molar-refractivity contribution is 5.95. The van der Waals surface area contributed by atoms with Gasteiger partial charge in [0, 0.05) is 36.4 Å². The third kappa shape index (κ3) is 4.80. The Morgan fingerprint density at radius 2 is 1.84 bits per heavy atom. The lowest BCUT2D eigenvalue weighted by Crippen LogP contribution is -2.23. The number of benzene rings is 1. The maximum atomic E-state index is 12.8. The summed E-state index contributed by atoms with van der Waals surface area (Å²) >= 11 is 0. The molecule has 0 fully saturated rings. The van der Waals surface area contributed by atoms with Crippen molar-refractivity contribution in [1.29, 1.82) is 0 Å². The third-order valence-electron chi connectivity index (χ3n) is 5.06. The molecule has 0 atom stereocenters. The molecule has 0 saturated heterocycles. The Labute approximate surface area is 181 Å². The van der Waals surface area contributed by atoms with Crippen LogP contribution in [-0.4, -0.2) is 20.4 Å². The summed E-state index contributed by atoms with van der Waals surface area (Å²) in [5, 5.41) is 3.00. The minimum absolute atomic E-state index is 0.119. The Balaban J connectivity index is 1.41. The van der Waals surface area contributed by atoms with Crippen LogP contribution in [0.1, 0.15) is 32.9 Å². The fourth-order valence-electron chi connectivity index (χ4n) is 3.52. The van der Waals surface area contributed by atoms with Gasteiger partial charge >= 0.3 is 0 Å². The molecule has 6 nitrogen and oxygen atoms in total. The number of hydrogen-bond donors (Lipinski definition) is 1. The SMILES string of the molecule is Cc1cc(C(=O)NCc2ccnc(OCc3ccccc3)c2)c(C)n1-c1cccnc1. The summed E-state index contributed by atoms with van der Waals surface area (Å²) in [5.41, 5.74) is 5.45. The molecular formula is C25H24N4O2. The standard InChI is InChI=1S/C25H24N4O2/c1-18-13-23(19(2)29(18)22-9-6-11-26-16-22)25(30)28-15-21-10-12-27-24(14-21)31-17-20-7-4-3-5-8-20/h3-14,16H,15,17H2,1-2H3,(H,28,30). The van der Waals surface area contributed by atoms with Crippen LogP contribution in [0.4, 0.5) is 0 Å². The first kappa shape index (κ1) is 20.3. The smallest absolute Gasteiger partial charge is 0.253 e. The molecule has 4 aromatic rings. The highest BCUT2D eigenvalue weighted by Crippen LogP contribution is 2.20. The van der Waals surface area contributed by atoms with Crippen molar-refractivity contribution in [2.45, 2.75) is 27.0 Å². The van der Waals surface area contributed by atoms with Crippen molar-refractivity contribution in [1.82, 2.24) is 19.9 Å². The number of aryl methyl sites for hydroxylation is 1. The number of aromatic nitrogens is 3. The van der Waals surface area contributed by atoms with Gasteiger partial charge in [-0.05, 0) is 49.2 Å². The summed E-state index contributed by atoms with van der Waals surface area (Å²) in [6, 6.07) is 19.4. The Hall–Kier alpha value is -3.93. The summed E-state index contributed by atoms with van der Waals surface area (Å²) in [4.78, 5) is 21.3. The number of ether oxygens (including phenoxy) is 1. The summed E-state index contributed by atoms with van der Waals surface area (Å²) in [7, 11) is 0. The molecule has 0 saturated carbocycles. The maximum Gasteiger partial charge on any atom is 0.253 e. The van der Waals surface area contributed by atoms with Gasteiger partial charge in [0.05, 0.1) is 17.4 Å². The number of carbonyl (C=O) groups is 1. The number of pyridine rings is 2. The minimum Gasteiger partial charge on any atom is -0.473 e. The van der Waals surface area contributed by atoms with Gasteiger partial charge in [-0.15, -0.1) is 0 Å². The lowest BCUT2D eigenvalue weighted by molar-refractivity contribution is 0.0950. The topological polar surface area (TPSA) is 69.0 Å². The zero-order chi connectivity index (χ0) is 21.6. The van der Waals surface area contributed by atoms with Crippen LogP contribution in [0.5, 0.6) is 5.88 Å². The lowest BCUT2D eigenvalue weighted by Gasteiger charge is -2.10. The molecule has 0 radical (unpaired) electrons. The highest BCUT2D eigenvalue weighted by atomic mass is 16.5. The summed E-state index contributed by atoms with van der Waals surface area (Å²) in [5.74, 6) is 0.414. The van der Waals surface area contributed by atoms with E-state index in [4.69, 9.17) is 4.74 Å². The van der Waals surface area contributed by atoms with Gasteiger partial charge in [0.25, 0.3) is 5.91 Å². The normalized spacial score (nSPS) is 10.6. The zero-order valence-corrected chi connectivity index (χ0v) is 17.6. The van der Waals surface area contributed by atoms with E-state index >= 15 is 0 Å². The minimum atomic E-state index is -0.119. The molecule has 156 valence electrons. The van der Waals surface area contributed by atoms with Gasteiger partial charge in [0.2, 0.25) is 5.88 Å². The molecule has 1 N–H and O–H groups in total.